The first-order chi connectivity index (χ1) is 9.37. The molecule has 1 saturated heterocycles. The highest BCUT2D eigenvalue weighted by Crippen LogP contribution is 2.27. The van der Waals surface area contributed by atoms with Crippen molar-refractivity contribution in [3.05, 3.63) is 29.8 Å². The van der Waals surface area contributed by atoms with Gasteiger partial charge in [-0.25, -0.2) is 0 Å². The van der Waals surface area contributed by atoms with Crippen LogP contribution in [0.25, 0.3) is 0 Å². The summed E-state index contributed by atoms with van der Waals surface area (Å²) in [5, 5.41) is 15.3. The van der Waals surface area contributed by atoms with Crippen molar-refractivity contribution in [3.8, 4) is 6.07 Å². The van der Waals surface area contributed by atoms with Crippen molar-refractivity contribution in [3.63, 3.8) is 0 Å². The molecule has 0 spiro atoms. The Balaban J connectivity index is 2.08. The zero-order chi connectivity index (χ0) is 14.8. The smallest absolute Gasteiger partial charge is 0.231 e. The number of amides is 1. The molecule has 4 nitrogen and oxygen atoms in total. The van der Waals surface area contributed by atoms with Gasteiger partial charge in [0, 0.05) is 12.2 Å². The lowest BCUT2D eigenvalue weighted by Gasteiger charge is -2.22. The Labute approximate surface area is 120 Å². The fraction of sp³-hybridized carbons (Fsp3) is 0.500. The molecule has 1 heterocycles. The second-order valence-corrected chi connectivity index (χ2v) is 6.26. The summed E-state index contributed by atoms with van der Waals surface area (Å²) in [4.78, 5) is 12.3. The number of carbonyl (C=O) groups is 1. The van der Waals surface area contributed by atoms with E-state index in [1.807, 2.05) is 45.0 Å². The molecule has 1 aliphatic heterocycles. The molecule has 106 valence electrons. The molecule has 2 N–H and O–H groups in total. The number of rotatable bonds is 3. The number of carbonyl (C=O) groups excluding carboxylic acids is 1. The Hall–Kier alpha value is -1.86. The number of nitrogens with one attached hydrogen (secondary N) is 2. The Bertz CT molecular complexity index is 534. The third kappa shape index (κ3) is 2.83. The first-order valence-corrected chi connectivity index (χ1v) is 6.91. The van der Waals surface area contributed by atoms with Crippen LogP contribution in [0.2, 0.25) is 0 Å². The van der Waals surface area contributed by atoms with Crippen LogP contribution in [-0.4, -0.2) is 19.0 Å². The number of anilines is 1. The Morgan fingerprint density at radius 1 is 1.40 bits per heavy atom. The zero-order valence-electron chi connectivity index (χ0n) is 12.3. The lowest BCUT2D eigenvalue weighted by Crippen LogP contribution is -2.35. The predicted octanol–water partition coefficient (Wildman–Crippen LogP) is 2.43. The number of nitrogens with zero attached hydrogens (tertiary/aromatic N) is 1. The monoisotopic (exact) mass is 271 g/mol. The van der Waals surface area contributed by atoms with Crippen LogP contribution in [0.3, 0.4) is 0 Å². The average Bonchev–Trinajstić information content (AvgIpc) is 2.88. The summed E-state index contributed by atoms with van der Waals surface area (Å²) >= 11 is 0. The van der Waals surface area contributed by atoms with E-state index in [-0.39, 0.29) is 11.3 Å². The van der Waals surface area contributed by atoms with Crippen LogP contribution < -0.4 is 10.6 Å². The van der Waals surface area contributed by atoms with Gasteiger partial charge in [0.15, 0.2) is 0 Å². The van der Waals surface area contributed by atoms with E-state index < -0.39 is 5.41 Å². The molecule has 1 atom stereocenters. The standard InChI is InChI=1S/C16H21N3O/c1-15(2,10-17)12-4-6-13(7-5-12)19-14(20)16(3)8-9-18-11-16/h4-7,18H,8-9,11H2,1-3H3,(H,19,20). The van der Waals surface area contributed by atoms with Gasteiger partial charge in [0.05, 0.1) is 16.9 Å². The van der Waals surface area contributed by atoms with Crippen LogP contribution in [-0.2, 0) is 10.2 Å². The van der Waals surface area contributed by atoms with E-state index in [1.54, 1.807) is 0 Å². The fourth-order valence-electron chi connectivity index (χ4n) is 2.33. The van der Waals surface area contributed by atoms with E-state index >= 15 is 0 Å². The van der Waals surface area contributed by atoms with Crippen molar-refractivity contribution in [2.24, 2.45) is 5.41 Å². The topological polar surface area (TPSA) is 64.9 Å². The van der Waals surface area contributed by atoms with Gasteiger partial charge in [0.25, 0.3) is 0 Å². The summed E-state index contributed by atoms with van der Waals surface area (Å²) in [6.45, 7) is 7.35. The largest absolute Gasteiger partial charge is 0.326 e. The summed E-state index contributed by atoms with van der Waals surface area (Å²) in [5.74, 6) is 0.0507. The van der Waals surface area contributed by atoms with E-state index in [4.69, 9.17) is 5.26 Å². The van der Waals surface area contributed by atoms with Gasteiger partial charge in [-0.15, -0.1) is 0 Å². The van der Waals surface area contributed by atoms with Crippen LogP contribution in [0.4, 0.5) is 5.69 Å². The second kappa shape index (κ2) is 5.26. The van der Waals surface area contributed by atoms with Crippen molar-refractivity contribution in [2.75, 3.05) is 18.4 Å². The first-order valence-electron chi connectivity index (χ1n) is 6.91. The molecule has 1 amide bonds. The summed E-state index contributed by atoms with van der Waals surface area (Å²) in [6.07, 6.45) is 0.860. The van der Waals surface area contributed by atoms with Gasteiger partial charge in [-0.1, -0.05) is 12.1 Å². The van der Waals surface area contributed by atoms with Crippen LogP contribution in [0.5, 0.6) is 0 Å². The Morgan fingerprint density at radius 3 is 2.55 bits per heavy atom. The minimum atomic E-state index is -0.510. The van der Waals surface area contributed by atoms with Gasteiger partial charge >= 0.3 is 0 Å². The number of benzene rings is 1. The van der Waals surface area contributed by atoms with Crippen molar-refractivity contribution in [1.82, 2.24) is 5.32 Å². The highest BCUT2D eigenvalue weighted by Gasteiger charge is 2.36. The van der Waals surface area contributed by atoms with Crippen molar-refractivity contribution >= 4 is 11.6 Å². The van der Waals surface area contributed by atoms with E-state index in [1.165, 1.54) is 0 Å². The predicted molar refractivity (Wildman–Crippen MR) is 79.3 cm³/mol. The maximum absolute atomic E-state index is 12.3. The summed E-state index contributed by atoms with van der Waals surface area (Å²) in [6, 6.07) is 9.79. The highest BCUT2D eigenvalue weighted by atomic mass is 16.2. The summed E-state index contributed by atoms with van der Waals surface area (Å²) in [5.41, 5.74) is 0.890. The average molecular weight is 271 g/mol. The van der Waals surface area contributed by atoms with Crippen LogP contribution in [0, 0.1) is 16.7 Å². The van der Waals surface area contributed by atoms with Gasteiger partial charge in [-0.05, 0) is 51.4 Å². The van der Waals surface area contributed by atoms with Crippen LogP contribution >= 0.6 is 0 Å². The Kier molecular flexibility index (Phi) is 3.82. The van der Waals surface area contributed by atoms with Gasteiger partial charge in [0.1, 0.15) is 0 Å². The Morgan fingerprint density at radius 2 is 2.05 bits per heavy atom. The van der Waals surface area contributed by atoms with Gasteiger partial charge in [-0.2, -0.15) is 5.26 Å². The lowest BCUT2D eigenvalue weighted by atomic mass is 9.86. The lowest BCUT2D eigenvalue weighted by molar-refractivity contribution is -0.123. The summed E-state index contributed by atoms with van der Waals surface area (Å²) in [7, 11) is 0. The quantitative estimate of drug-likeness (QED) is 0.887. The molecule has 2 rings (SSSR count). The normalized spacial score (nSPS) is 22.3. The van der Waals surface area contributed by atoms with E-state index in [0.29, 0.717) is 0 Å². The van der Waals surface area contributed by atoms with Gasteiger partial charge < -0.3 is 10.6 Å². The molecule has 0 aliphatic carbocycles. The van der Waals surface area contributed by atoms with E-state index in [2.05, 4.69) is 16.7 Å². The minimum absolute atomic E-state index is 0.0507. The van der Waals surface area contributed by atoms with Crippen LogP contribution in [0.1, 0.15) is 32.8 Å². The van der Waals surface area contributed by atoms with E-state index in [9.17, 15) is 4.79 Å². The SMILES string of the molecule is CC1(C(=O)Nc2ccc(C(C)(C)C#N)cc2)CCNC1. The zero-order valence-corrected chi connectivity index (χ0v) is 12.3. The molecule has 0 radical (unpaired) electrons. The third-order valence-electron chi connectivity index (χ3n) is 4.06. The van der Waals surface area contributed by atoms with Crippen LogP contribution in [0.15, 0.2) is 24.3 Å². The van der Waals surface area contributed by atoms with Crippen molar-refractivity contribution in [2.45, 2.75) is 32.6 Å². The third-order valence-corrected chi connectivity index (χ3v) is 4.06. The molecule has 0 bridgehead atoms. The molecule has 4 heteroatoms. The molecular weight excluding hydrogens is 250 g/mol. The molecular formula is C16H21N3O. The maximum Gasteiger partial charge on any atom is 0.231 e. The van der Waals surface area contributed by atoms with Crippen molar-refractivity contribution in [1.29, 1.82) is 5.26 Å². The molecule has 1 aliphatic rings. The van der Waals surface area contributed by atoms with E-state index in [0.717, 1.165) is 30.8 Å². The fourth-order valence-corrected chi connectivity index (χ4v) is 2.33. The summed E-state index contributed by atoms with van der Waals surface area (Å²) < 4.78 is 0. The molecule has 1 unspecified atom stereocenters. The molecule has 1 fully saturated rings. The second-order valence-electron chi connectivity index (χ2n) is 6.26. The molecule has 0 aromatic heterocycles. The number of hydrogen-bond acceptors (Lipinski definition) is 3. The molecule has 0 saturated carbocycles. The number of nitriles is 1. The minimum Gasteiger partial charge on any atom is -0.326 e. The van der Waals surface area contributed by atoms with Gasteiger partial charge in [-0.3, -0.25) is 4.79 Å². The molecule has 1 aromatic carbocycles. The molecule has 20 heavy (non-hydrogen) atoms. The highest BCUT2D eigenvalue weighted by molar-refractivity contribution is 5.95. The number of hydrogen-bond donors (Lipinski definition) is 2. The molecule has 1 aromatic rings. The van der Waals surface area contributed by atoms with Crippen molar-refractivity contribution < 1.29 is 4.79 Å². The maximum atomic E-state index is 12.3. The first kappa shape index (κ1) is 14.5. The van der Waals surface area contributed by atoms with Gasteiger partial charge in [0.2, 0.25) is 5.91 Å².